The maximum atomic E-state index is 12.3. The van der Waals surface area contributed by atoms with Crippen LogP contribution in [0.3, 0.4) is 0 Å². The summed E-state index contributed by atoms with van der Waals surface area (Å²) in [6.45, 7) is 2.96. The second kappa shape index (κ2) is 9.52. The van der Waals surface area contributed by atoms with Gasteiger partial charge in [0, 0.05) is 31.0 Å². The molecule has 2 aromatic rings. The van der Waals surface area contributed by atoms with E-state index in [9.17, 15) is 4.79 Å². The van der Waals surface area contributed by atoms with Crippen molar-refractivity contribution >= 4 is 23.4 Å². The number of nitrogens with zero attached hydrogens (tertiary/aromatic N) is 1. The van der Waals surface area contributed by atoms with Gasteiger partial charge in [-0.2, -0.15) is 0 Å². The topological polar surface area (TPSA) is 60.0 Å². The van der Waals surface area contributed by atoms with E-state index in [1.807, 2.05) is 31.3 Å². The third kappa shape index (κ3) is 5.17. The monoisotopic (exact) mass is 370 g/mol. The molecule has 1 N–H and O–H groups in total. The number of rotatable bonds is 8. The van der Waals surface area contributed by atoms with Crippen molar-refractivity contribution in [2.45, 2.75) is 6.92 Å². The van der Waals surface area contributed by atoms with E-state index >= 15 is 0 Å². The van der Waals surface area contributed by atoms with Crippen LogP contribution in [0.15, 0.2) is 42.5 Å². The average Bonchev–Trinajstić information content (AvgIpc) is 2.70. The van der Waals surface area contributed by atoms with E-state index in [1.165, 1.54) is 6.08 Å². The number of carbonyl (C=O) groups excluding carboxylic acids is 1. The summed E-state index contributed by atoms with van der Waals surface area (Å²) in [6.07, 6.45) is 3.17. The molecule has 0 saturated carbocycles. The van der Waals surface area contributed by atoms with Gasteiger partial charge in [-0.25, -0.2) is 0 Å². The zero-order valence-electron chi connectivity index (χ0n) is 16.4. The van der Waals surface area contributed by atoms with Crippen molar-refractivity contribution in [2.24, 2.45) is 0 Å². The van der Waals surface area contributed by atoms with Gasteiger partial charge in [0.05, 0.1) is 21.3 Å². The first kappa shape index (κ1) is 20.2. The molecule has 0 radical (unpaired) electrons. The van der Waals surface area contributed by atoms with Gasteiger partial charge in [0.1, 0.15) is 0 Å². The van der Waals surface area contributed by atoms with Gasteiger partial charge in [-0.1, -0.05) is 6.07 Å². The molecule has 2 rings (SSSR count). The molecule has 0 aromatic heterocycles. The van der Waals surface area contributed by atoms with Crippen LogP contribution in [0.5, 0.6) is 17.2 Å². The number of hydrogen-bond acceptors (Lipinski definition) is 5. The van der Waals surface area contributed by atoms with Gasteiger partial charge < -0.3 is 24.4 Å². The van der Waals surface area contributed by atoms with Gasteiger partial charge in [-0.3, -0.25) is 4.79 Å². The zero-order valence-corrected chi connectivity index (χ0v) is 16.4. The zero-order chi connectivity index (χ0) is 19.8. The normalized spacial score (nSPS) is 10.6. The van der Waals surface area contributed by atoms with E-state index in [0.29, 0.717) is 17.2 Å². The standard InChI is InChI=1S/C21H26N2O4/c1-6-23(2)17-9-7-8-16(14-17)22-20(24)11-10-15-12-18(25-3)21(27-5)19(13-15)26-4/h7-14H,6H2,1-5H3,(H,22,24)/b11-10+. The molecular formula is C21H26N2O4. The summed E-state index contributed by atoms with van der Waals surface area (Å²) < 4.78 is 15.9. The lowest BCUT2D eigenvalue weighted by Crippen LogP contribution is -2.16. The molecule has 6 nitrogen and oxygen atoms in total. The Morgan fingerprint density at radius 2 is 1.74 bits per heavy atom. The van der Waals surface area contributed by atoms with Crippen LogP contribution in [0.2, 0.25) is 0 Å². The summed E-state index contributed by atoms with van der Waals surface area (Å²) >= 11 is 0. The lowest BCUT2D eigenvalue weighted by molar-refractivity contribution is -0.111. The first-order valence-corrected chi connectivity index (χ1v) is 8.62. The van der Waals surface area contributed by atoms with E-state index in [0.717, 1.165) is 23.5 Å². The highest BCUT2D eigenvalue weighted by Gasteiger charge is 2.12. The molecule has 1 amide bonds. The molecule has 2 aromatic carbocycles. The van der Waals surface area contributed by atoms with Crippen molar-refractivity contribution in [2.75, 3.05) is 45.1 Å². The second-order valence-electron chi connectivity index (χ2n) is 5.85. The molecule has 0 unspecified atom stereocenters. The summed E-state index contributed by atoms with van der Waals surface area (Å²) in [5.74, 6) is 1.36. The van der Waals surface area contributed by atoms with Gasteiger partial charge in [0.25, 0.3) is 0 Å². The van der Waals surface area contributed by atoms with Crippen LogP contribution in [-0.2, 0) is 4.79 Å². The highest BCUT2D eigenvalue weighted by molar-refractivity contribution is 6.02. The fraction of sp³-hybridized carbons (Fsp3) is 0.286. The summed E-state index contributed by atoms with van der Waals surface area (Å²) in [7, 11) is 6.66. The van der Waals surface area contributed by atoms with Crippen LogP contribution in [0.4, 0.5) is 11.4 Å². The Morgan fingerprint density at radius 3 is 2.30 bits per heavy atom. The number of ether oxygens (including phenoxy) is 3. The molecule has 27 heavy (non-hydrogen) atoms. The van der Waals surface area contributed by atoms with Crippen molar-refractivity contribution in [3.8, 4) is 17.2 Å². The molecule has 0 aliphatic heterocycles. The Morgan fingerprint density at radius 1 is 1.07 bits per heavy atom. The Kier molecular flexibility index (Phi) is 7.11. The van der Waals surface area contributed by atoms with E-state index in [1.54, 1.807) is 39.5 Å². The maximum absolute atomic E-state index is 12.3. The van der Waals surface area contributed by atoms with E-state index < -0.39 is 0 Å². The van der Waals surface area contributed by atoms with Crippen LogP contribution in [0.1, 0.15) is 12.5 Å². The van der Waals surface area contributed by atoms with Crippen LogP contribution < -0.4 is 24.4 Å². The summed E-state index contributed by atoms with van der Waals surface area (Å²) in [6, 6.07) is 11.3. The van der Waals surface area contributed by atoms with Gasteiger partial charge in [-0.05, 0) is 48.9 Å². The first-order valence-electron chi connectivity index (χ1n) is 8.62. The molecule has 0 aliphatic carbocycles. The minimum Gasteiger partial charge on any atom is -0.493 e. The second-order valence-corrected chi connectivity index (χ2v) is 5.85. The van der Waals surface area contributed by atoms with E-state index in [4.69, 9.17) is 14.2 Å². The minimum atomic E-state index is -0.222. The molecule has 0 fully saturated rings. The van der Waals surface area contributed by atoms with Crippen LogP contribution >= 0.6 is 0 Å². The van der Waals surface area contributed by atoms with Gasteiger partial charge in [-0.15, -0.1) is 0 Å². The lowest BCUT2D eigenvalue weighted by atomic mass is 10.1. The number of anilines is 2. The van der Waals surface area contributed by atoms with Gasteiger partial charge in [0.15, 0.2) is 11.5 Å². The Hall–Kier alpha value is -3.15. The Labute approximate surface area is 160 Å². The summed E-state index contributed by atoms with van der Waals surface area (Å²) in [5, 5.41) is 2.87. The first-order chi connectivity index (χ1) is 13.0. The largest absolute Gasteiger partial charge is 0.493 e. The van der Waals surface area contributed by atoms with E-state index in [-0.39, 0.29) is 5.91 Å². The third-order valence-electron chi connectivity index (χ3n) is 4.14. The molecule has 0 atom stereocenters. The minimum absolute atomic E-state index is 0.222. The number of benzene rings is 2. The quantitative estimate of drug-likeness (QED) is 0.716. The molecule has 144 valence electrons. The fourth-order valence-corrected chi connectivity index (χ4v) is 2.56. The molecule has 0 heterocycles. The lowest BCUT2D eigenvalue weighted by Gasteiger charge is -2.17. The van der Waals surface area contributed by atoms with Crippen molar-refractivity contribution < 1.29 is 19.0 Å². The van der Waals surface area contributed by atoms with Crippen LogP contribution in [0.25, 0.3) is 6.08 Å². The van der Waals surface area contributed by atoms with Crippen molar-refractivity contribution in [3.63, 3.8) is 0 Å². The van der Waals surface area contributed by atoms with Crippen LogP contribution in [-0.4, -0.2) is 40.8 Å². The maximum Gasteiger partial charge on any atom is 0.248 e. The fourth-order valence-electron chi connectivity index (χ4n) is 2.56. The highest BCUT2D eigenvalue weighted by atomic mass is 16.5. The predicted octanol–water partition coefficient (Wildman–Crippen LogP) is 3.82. The number of nitrogens with one attached hydrogen (secondary N) is 1. The number of carbonyl (C=O) groups is 1. The van der Waals surface area contributed by atoms with E-state index in [2.05, 4.69) is 17.1 Å². The molecule has 0 saturated heterocycles. The number of hydrogen-bond donors (Lipinski definition) is 1. The summed E-state index contributed by atoms with van der Waals surface area (Å²) in [4.78, 5) is 14.4. The molecule has 0 aliphatic rings. The van der Waals surface area contributed by atoms with Crippen LogP contribution in [0, 0.1) is 0 Å². The smallest absolute Gasteiger partial charge is 0.248 e. The Bertz CT molecular complexity index is 793. The molecule has 0 spiro atoms. The molecule has 0 bridgehead atoms. The summed E-state index contributed by atoms with van der Waals surface area (Å²) in [5.41, 5.74) is 2.55. The number of methoxy groups -OCH3 is 3. The average molecular weight is 370 g/mol. The number of amides is 1. The third-order valence-corrected chi connectivity index (χ3v) is 4.14. The molecular weight excluding hydrogens is 344 g/mol. The van der Waals surface area contributed by atoms with Crippen molar-refractivity contribution in [3.05, 3.63) is 48.0 Å². The molecule has 6 heteroatoms. The van der Waals surface area contributed by atoms with Gasteiger partial charge >= 0.3 is 0 Å². The van der Waals surface area contributed by atoms with Crippen molar-refractivity contribution in [1.82, 2.24) is 0 Å². The van der Waals surface area contributed by atoms with Crippen molar-refractivity contribution in [1.29, 1.82) is 0 Å². The van der Waals surface area contributed by atoms with Gasteiger partial charge in [0.2, 0.25) is 11.7 Å². The Balaban J connectivity index is 2.15. The highest BCUT2D eigenvalue weighted by Crippen LogP contribution is 2.38. The predicted molar refractivity (Wildman–Crippen MR) is 109 cm³/mol. The SMILES string of the molecule is CCN(C)c1cccc(NC(=O)/C=C/c2cc(OC)c(OC)c(OC)c2)c1.